The molecule has 0 saturated carbocycles. The van der Waals surface area contributed by atoms with Crippen molar-refractivity contribution in [2.45, 2.75) is 6.42 Å². The number of ketones is 1. The van der Waals surface area contributed by atoms with E-state index in [1.807, 2.05) is 0 Å². The highest BCUT2D eigenvalue weighted by Gasteiger charge is 2.12. The van der Waals surface area contributed by atoms with Gasteiger partial charge >= 0.3 is 5.97 Å². The zero-order valence-electron chi connectivity index (χ0n) is 10.7. The summed E-state index contributed by atoms with van der Waals surface area (Å²) in [5, 5.41) is 17.5. The number of carboxylic acid groups (broad SMARTS) is 1. The molecule has 0 saturated heterocycles. The van der Waals surface area contributed by atoms with Gasteiger partial charge in [-0.05, 0) is 29.8 Å². The van der Waals surface area contributed by atoms with Crippen LogP contribution in [0.2, 0.25) is 0 Å². The maximum absolute atomic E-state index is 12.8. The molecule has 0 aliphatic rings. The topological polar surface area (TPSA) is 74.6 Å². The highest BCUT2D eigenvalue weighted by atomic mass is 32.1. The standard InChI is InChI=1S/C15H11FO4S/c16-10-3-1-9(2-4-10)7-11-5-6-14(21-11)12(17)8-13(18)15(19)20/h1-6,8,18H,7H2,(H,19,20)/b13-8-. The number of rotatable bonds is 5. The molecule has 1 heterocycles. The molecule has 21 heavy (non-hydrogen) atoms. The summed E-state index contributed by atoms with van der Waals surface area (Å²) >= 11 is 1.20. The van der Waals surface area contributed by atoms with Crippen molar-refractivity contribution in [2.24, 2.45) is 0 Å². The molecule has 6 heteroatoms. The van der Waals surface area contributed by atoms with Crippen molar-refractivity contribution in [1.29, 1.82) is 0 Å². The van der Waals surface area contributed by atoms with E-state index in [0.717, 1.165) is 10.4 Å². The van der Waals surface area contributed by atoms with E-state index in [4.69, 9.17) is 10.2 Å². The Morgan fingerprint density at radius 2 is 1.76 bits per heavy atom. The van der Waals surface area contributed by atoms with Gasteiger partial charge < -0.3 is 10.2 Å². The number of carbonyl (C=O) groups excluding carboxylic acids is 1. The summed E-state index contributed by atoms with van der Waals surface area (Å²) in [5.41, 5.74) is 0.904. The molecule has 2 N–H and O–H groups in total. The summed E-state index contributed by atoms with van der Waals surface area (Å²) in [6, 6.07) is 9.36. The summed E-state index contributed by atoms with van der Waals surface area (Å²) in [7, 11) is 0. The van der Waals surface area contributed by atoms with Gasteiger partial charge in [0.05, 0.1) is 4.88 Å². The minimum absolute atomic E-state index is 0.310. The smallest absolute Gasteiger partial charge is 0.371 e. The molecule has 0 bridgehead atoms. The molecular formula is C15H11FO4S. The van der Waals surface area contributed by atoms with Crippen molar-refractivity contribution < 1.29 is 24.2 Å². The molecular weight excluding hydrogens is 295 g/mol. The van der Waals surface area contributed by atoms with Gasteiger partial charge in [-0.1, -0.05) is 12.1 Å². The summed E-state index contributed by atoms with van der Waals surface area (Å²) in [4.78, 5) is 23.4. The Hall–Kier alpha value is -2.47. The van der Waals surface area contributed by atoms with Gasteiger partial charge in [0.15, 0.2) is 5.78 Å². The number of carboxylic acids is 1. The Morgan fingerprint density at radius 1 is 1.10 bits per heavy atom. The van der Waals surface area contributed by atoms with E-state index in [1.54, 1.807) is 24.3 Å². The van der Waals surface area contributed by atoms with Gasteiger partial charge in [-0.2, -0.15) is 0 Å². The van der Waals surface area contributed by atoms with Gasteiger partial charge in [0.25, 0.3) is 0 Å². The van der Waals surface area contributed by atoms with Crippen molar-refractivity contribution in [3.05, 3.63) is 69.4 Å². The fourth-order valence-corrected chi connectivity index (χ4v) is 2.62. The number of carbonyl (C=O) groups is 2. The molecule has 0 aliphatic carbocycles. The number of allylic oxidation sites excluding steroid dienone is 1. The second-order valence-electron chi connectivity index (χ2n) is 4.27. The zero-order chi connectivity index (χ0) is 15.4. The van der Waals surface area contributed by atoms with Crippen LogP contribution in [0.3, 0.4) is 0 Å². The predicted molar refractivity (Wildman–Crippen MR) is 76.2 cm³/mol. The number of halogens is 1. The number of aliphatic carboxylic acids is 1. The maximum Gasteiger partial charge on any atom is 0.371 e. The van der Waals surface area contributed by atoms with Gasteiger partial charge in [-0.15, -0.1) is 11.3 Å². The average molecular weight is 306 g/mol. The average Bonchev–Trinajstić information content (AvgIpc) is 2.90. The van der Waals surface area contributed by atoms with Crippen LogP contribution in [0.1, 0.15) is 20.1 Å². The lowest BCUT2D eigenvalue weighted by Gasteiger charge is -1.98. The van der Waals surface area contributed by atoms with E-state index in [-0.39, 0.29) is 5.82 Å². The number of thiophene rings is 1. The van der Waals surface area contributed by atoms with Gasteiger partial charge in [-0.3, -0.25) is 4.79 Å². The molecule has 1 aromatic heterocycles. The molecule has 0 radical (unpaired) electrons. The lowest BCUT2D eigenvalue weighted by Crippen LogP contribution is -2.02. The molecule has 108 valence electrons. The van der Waals surface area contributed by atoms with Crippen LogP contribution < -0.4 is 0 Å². The normalized spacial score (nSPS) is 11.4. The van der Waals surface area contributed by atoms with Gasteiger partial charge in [0, 0.05) is 17.4 Å². The van der Waals surface area contributed by atoms with Crippen molar-refractivity contribution in [3.8, 4) is 0 Å². The summed E-state index contributed by atoms with van der Waals surface area (Å²) in [6.07, 6.45) is 1.22. The summed E-state index contributed by atoms with van der Waals surface area (Å²) in [5.74, 6) is -3.42. The third-order valence-electron chi connectivity index (χ3n) is 2.68. The Balaban J connectivity index is 2.11. The van der Waals surface area contributed by atoms with E-state index < -0.39 is 17.5 Å². The Labute approximate surface area is 123 Å². The lowest BCUT2D eigenvalue weighted by atomic mass is 10.1. The Kier molecular flexibility index (Phi) is 4.49. The second-order valence-corrected chi connectivity index (χ2v) is 5.44. The van der Waals surface area contributed by atoms with Crippen LogP contribution in [0.15, 0.2) is 48.2 Å². The molecule has 0 amide bonds. The lowest BCUT2D eigenvalue weighted by molar-refractivity contribution is -0.135. The van der Waals surface area contributed by atoms with Crippen molar-refractivity contribution in [2.75, 3.05) is 0 Å². The van der Waals surface area contributed by atoms with E-state index >= 15 is 0 Å². The van der Waals surface area contributed by atoms with E-state index in [2.05, 4.69) is 0 Å². The van der Waals surface area contributed by atoms with Crippen LogP contribution in [-0.4, -0.2) is 22.0 Å². The minimum Gasteiger partial charge on any atom is -0.502 e. The minimum atomic E-state index is -1.55. The van der Waals surface area contributed by atoms with Crippen LogP contribution in [0, 0.1) is 5.82 Å². The van der Waals surface area contributed by atoms with E-state index in [9.17, 15) is 14.0 Å². The summed E-state index contributed by atoms with van der Waals surface area (Å²) < 4.78 is 12.8. The fraction of sp³-hybridized carbons (Fsp3) is 0.0667. The molecule has 0 unspecified atom stereocenters. The molecule has 4 nitrogen and oxygen atoms in total. The van der Waals surface area contributed by atoms with Gasteiger partial charge in [-0.25, -0.2) is 9.18 Å². The van der Waals surface area contributed by atoms with Crippen LogP contribution >= 0.6 is 11.3 Å². The van der Waals surface area contributed by atoms with Gasteiger partial charge in [0.1, 0.15) is 5.82 Å². The molecule has 0 spiro atoms. The number of aliphatic hydroxyl groups excluding tert-OH is 1. The van der Waals surface area contributed by atoms with Gasteiger partial charge in [0.2, 0.25) is 5.76 Å². The van der Waals surface area contributed by atoms with Crippen molar-refractivity contribution >= 4 is 23.1 Å². The largest absolute Gasteiger partial charge is 0.502 e. The summed E-state index contributed by atoms with van der Waals surface area (Å²) in [6.45, 7) is 0. The molecule has 2 aromatic rings. The number of hydrogen-bond donors (Lipinski definition) is 2. The monoisotopic (exact) mass is 306 g/mol. The number of benzene rings is 1. The fourth-order valence-electron chi connectivity index (χ4n) is 1.67. The van der Waals surface area contributed by atoms with E-state index in [0.29, 0.717) is 17.4 Å². The van der Waals surface area contributed by atoms with Crippen LogP contribution in [0.5, 0.6) is 0 Å². The first kappa shape index (κ1) is 14.9. The molecule has 2 rings (SSSR count). The van der Waals surface area contributed by atoms with E-state index in [1.165, 1.54) is 23.5 Å². The highest BCUT2D eigenvalue weighted by Crippen LogP contribution is 2.21. The number of hydrogen-bond acceptors (Lipinski definition) is 4. The quantitative estimate of drug-likeness (QED) is 0.505. The first-order valence-electron chi connectivity index (χ1n) is 5.97. The third kappa shape index (κ3) is 4.00. The maximum atomic E-state index is 12.8. The van der Waals surface area contributed by atoms with Crippen LogP contribution in [-0.2, 0) is 11.2 Å². The first-order valence-corrected chi connectivity index (χ1v) is 6.79. The van der Waals surface area contributed by atoms with Crippen LogP contribution in [0.4, 0.5) is 4.39 Å². The second kappa shape index (κ2) is 6.32. The number of aliphatic hydroxyl groups is 1. The van der Waals surface area contributed by atoms with Crippen LogP contribution in [0.25, 0.3) is 0 Å². The first-order chi connectivity index (χ1) is 9.95. The highest BCUT2D eigenvalue weighted by molar-refractivity contribution is 7.14. The molecule has 0 fully saturated rings. The zero-order valence-corrected chi connectivity index (χ0v) is 11.6. The molecule has 0 aliphatic heterocycles. The molecule has 1 aromatic carbocycles. The Bertz CT molecular complexity index is 701. The molecule has 0 atom stereocenters. The Morgan fingerprint density at radius 3 is 2.38 bits per heavy atom. The van der Waals surface area contributed by atoms with Crippen molar-refractivity contribution in [3.63, 3.8) is 0 Å². The van der Waals surface area contributed by atoms with Crippen molar-refractivity contribution in [1.82, 2.24) is 0 Å². The third-order valence-corrected chi connectivity index (χ3v) is 3.78. The predicted octanol–water partition coefficient (Wildman–Crippen LogP) is 3.19. The SMILES string of the molecule is O=C(O)/C(O)=C/C(=O)c1ccc(Cc2ccc(F)cc2)s1.